The summed E-state index contributed by atoms with van der Waals surface area (Å²) in [6, 6.07) is 4.52. The van der Waals surface area contributed by atoms with Crippen LogP contribution in [0.25, 0.3) is 0 Å². The van der Waals surface area contributed by atoms with Gasteiger partial charge in [0, 0.05) is 0 Å². The monoisotopic (exact) mass is 546 g/mol. The summed E-state index contributed by atoms with van der Waals surface area (Å²) < 4.78 is 0. The first kappa shape index (κ1) is 30.0. The van der Waals surface area contributed by atoms with Crippen LogP contribution in [0.15, 0.2) is 18.2 Å². The molecular formula is C25H44BrN2O4P. The fourth-order valence-corrected chi connectivity index (χ4v) is 13.1. The molecule has 0 radical (unpaired) electrons. The van der Waals surface area contributed by atoms with Crippen LogP contribution in [0, 0.1) is 10.1 Å². The van der Waals surface area contributed by atoms with Crippen LogP contribution >= 0.6 is 20.8 Å². The number of nitrogens with zero attached hydrogens (tertiary/aromatic N) is 1. The van der Waals surface area contributed by atoms with Gasteiger partial charge in [0.25, 0.3) is 0 Å². The molecule has 0 aliphatic carbocycles. The number of benzene rings is 1. The number of nitrogens with one attached hydrogen (secondary N) is 1. The summed E-state index contributed by atoms with van der Waals surface area (Å²) >= 11 is 4.38. The number of nitro groups is 1. The van der Waals surface area contributed by atoms with Crippen LogP contribution < -0.4 is 5.32 Å². The van der Waals surface area contributed by atoms with Crippen molar-refractivity contribution in [3.05, 3.63) is 39.4 Å². The zero-order chi connectivity index (χ0) is 24.9. The fraction of sp³-hybridized carbons (Fsp3) is 0.720. The number of carbonyl (C=O) groups excluding carboxylic acids is 1. The minimum atomic E-state index is -2.00. The van der Waals surface area contributed by atoms with Gasteiger partial charge >= 0.3 is 208 Å². The molecule has 0 spiro atoms. The summed E-state index contributed by atoms with van der Waals surface area (Å²) in [6.07, 6.45) is 13.2. The second-order valence-electron chi connectivity index (χ2n) is 9.50. The molecule has 0 aliphatic rings. The number of aliphatic hydroxyl groups is 1. The van der Waals surface area contributed by atoms with Crippen LogP contribution in [0.4, 0.5) is 5.69 Å². The molecule has 2 N–H and O–H groups in total. The van der Waals surface area contributed by atoms with Crippen LogP contribution in [0.1, 0.15) is 94.5 Å². The standard InChI is InChI=1S/C25H44BrN2O4P/c1-5-8-15-33(26,16-9-6-2,17-10-7-3)18-11-14-27-25(30)22-12-13-23(21(4)20-29)24(19-22)28(31)32/h12-13,19,21,29H,5-11,14-18,20H2,1-4H3,(H,27,30). The average Bonchev–Trinajstić information content (AvgIpc) is 2.82. The zero-order valence-electron chi connectivity index (χ0n) is 20.9. The Morgan fingerprint density at radius 2 is 1.58 bits per heavy atom. The molecule has 8 heteroatoms. The van der Waals surface area contributed by atoms with Gasteiger partial charge in [0.2, 0.25) is 0 Å². The van der Waals surface area contributed by atoms with Crippen molar-refractivity contribution in [1.29, 1.82) is 0 Å². The Balaban J connectivity index is 2.87. The molecule has 0 heterocycles. The average molecular weight is 548 g/mol. The van der Waals surface area contributed by atoms with E-state index in [1.807, 2.05) is 0 Å². The van der Waals surface area contributed by atoms with Crippen molar-refractivity contribution in [2.45, 2.75) is 78.6 Å². The number of carbonyl (C=O) groups is 1. The number of unbranched alkanes of at least 4 members (excludes halogenated alkanes) is 3. The first-order valence-corrected chi connectivity index (χ1v) is 17.5. The van der Waals surface area contributed by atoms with E-state index in [0.717, 1.165) is 12.6 Å². The summed E-state index contributed by atoms with van der Waals surface area (Å²) in [5, 5.41) is 21.8. The molecule has 0 saturated carbocycles. The molecular weight excluding hydrogens is 503 g/mol. The Morgan fingerprint density at radius 3 is 2.03 bits per heavy atom. The van der Waals surface area contributed by atoms with Gasteiger partial charge in [-0.2, -0.15) is 0 Å². The summed E-state index contributed by atoms with van der Waals surface area (Å²) in [5.74, 6) is -0.642. The van der Waals surface area contributed by atoms with Gasteiger partial charge < -0.3 is 0 Å². The summed E-state index contributed by atoms with van der Waals surface area (Å²) in [4.78, 5) is 23.7. The first-order valence-electron chi connectivity index (χ1n) is 12.5. The summed E-state index contributed by atoms with van der Waals surface area (Å²) in [7, 11) is 0. The molecule has 6 nitrogen and oxygen atoms in total. The van der Waals surface area contributed by atoms with Crippen molar-refractivity contribution in [2.24, 2.45) is 0 Å². The molecule has 0 fully saturated rings. The van der Waals surface area contributed by atoms with Gasteiger partial charge in [0.1, 0.15) is 0 Å². The van der Waals surface area contributed by atoms with Crippen LogP contribution in [0.3, 0.4) is 0 Å². The Morgan fingerprint density at radius 1 is 1.06 bits per heavy atom. The molecule has 1 amide bonds. The van der Waals surface area contributed by atoms with E-state index in [1.54, 1.807) is 19.1 Å². The Hall–Kier alpha value is -1.04. The molecule has 33 heavy (non-hydrogen) atoms. The molecule has 1 rings (SSSR count). The minimum absolute atomic E-state index is 0.117. The third kappa shape index (κ3) is 9.26. The Kier molecular flexibility index (Phi) is 13.1. The van der Waals surface area contributed by atoms with Crippen LogP contribution in [-0.4, -0.2) is 53.7 Å². The van der Waals surface area contributed by atoms with E-state index < -0.39 is 10.2 Å². The Bertz CT molecular complexity index is 750. The topological polar surface area (TPSA) is 92.5 Å². The second kappa shape index (κ2) is 14.4. The van der Waals surface area contributed by atoms with E-state index in [9.17, 15) is 20.0 Å². The molecule has 0 aromatic heterocycles. The van der Waals surface area contributed by atoms with Gasteiger partial charge in [0.15, 0.2) is 0 Å². The maximum atomic E-state index is 12.7. The van der Waals surface area contributed by atoms with E-state index >= 15 is 0 Å². The van der Waals surface area contributed by atoms with Crippen molar-refractivity contribution in [3.8, 4) is 0 Å². The third-order valence-corrected chi connectivity index (χ3v) is 16.7. The van der Waals surface area contributed by atoms with E-state index in [0.29, 0.717) is 12.1 Å². The molecule has 0 bridgehead atoms. The number of hydrogen-bond donors (Lipinski definition) is 2. The normalized spacial score (nSPS) is 13.8. The molecule has 1 aromatic rings. The quantitative estimate of drug-likeness (QED) is 0.0944. The number of nitro benzene ring substituents is 1. The van der Waals surface area contributed by atoms with Gasteiger partial charge in [-0.05, 0) is 0 Å². The van der Waals surface area contributed by atoms with E-state index in [-0.39, 0.29) is 29.7 Å². The molecule has 1 unspecified atom stereocenters. The number of hydrogen-bond acceptors (Lipinski definition) is 4. The summed E-state index contributed by atoms with van der Waals surface area (Å²) in [6.45, 7) is 8.86. The number of aliphatic hydroxyl groups excluding tert-OH is 1. The van der Waals surface area contributed by atoms with Crippen LogP contribution in [0.2, 0.25) is 0 Å². The second-order valence-corrected chi connectivity index (χ2v) is 20.9. The molecule has 190 valence electrons. The van der Waals surface area contributed by atoms with Gasteiger partial charge in [-0.3, -0.25) is 0 Å². The van der Waals surface area contributed by atoms with Crippen molar-refractivity contribution in [2.75, 3.05) is 37.8 Å². The van der Waals surface area contributed by atoms with E-state index in [4.69, 9.17) is 0 Å². The van der Waals surface area contributed by atoms with Crippen LogP contribution in [-0.2, 0) is 0 Å². The van der Waals surface area contributed by atoms with Gasteiger partial charge in [-0.1, -0.05) is 0 Å². The zero-order valence-corrected chi connectivity index (χ0v) is 23.4. The molecule has 0 aliphatic heterocycles. The van der Waals surface area contributed by atoms with Crippen molar-refractivity contribution >= 4 is 32.4 Å². The SMILES string of the molecule is CCCCP(Br)(CCCC)(CCCC)CCCNC(=O)c1ccc(C(C)CO)c([N+](=O)[O-])c1. The first-order chi connectivity index (χ1) is 15.6. The van der Waals surface area contributed by atoms with Crippen LogP contribution in [0.5, 0.6) is 0 Å². The van der Waals surface area contributed by atoms with Crippen molar-refractivity contribution in [1.82, 2.24) is 5.32 Å². The number of rotatable bonds is 17. The maximum absolute atomic E-state index is 12.7. The van der Waals surface area contributed by atoms with E-state index in [2.05, 4.69) is 41.6 Å². The van der Waals surface area contributed by atoms with Crippen molar-refractivity contribution < 1.29 is 14.8 Å². The predicted octanol–water partition coefficient (Wildman–Crippen LogP) is 7.07. The summed E-state index contributed by atoms with van der Waals surface area (Å²) in [5.41, 5.74) is 0.613. The van der Waals surface area contributed by atoms with Gasteiger partial charge in [0.05, 0.1) is 0 Å². The Labute approximate surface area is 208 Å². The molecule has 1 atom stereocenters. The van der Waals surface area contributed by atoms with Gasteiger partial charge in [-0.25, -0.2) is 0 Å². The fourth-order valence-electron chi connectivity index (χ4n) is 4.47. The third-order valence-electron chi connectivity index (χ3n) is 6.68. The number of halogens is 1. The predicted molar refractivity (Wildman–Crippen MR) is 146 cm³/mol. The molecule has 1 aromatic carbocycles. The van der Waals surface area contributed by atoms with Crippen molar-refractivity contribution in [3.63, 3.8) is 0 Å². The van der Waals surface area contributed by atoms with E-state index in [1.165, 1.54) is 63.1 Å². The molecule has 0 saturated heterocycles. The van der Waals surface area contributed by atoms with Gasteiger partial charge in [-0.15, -0.1) is 0 Å². The number of amides is 1.